The highest BCUT2D eigenvalue weighted by Crippen LogP contribution is 1.82. The Kier molecular flexibility index (Phi) is 3.14. The molecule has 48 valence electrons. The van der Waals surface area contributed by atoms with Crippen molar-refractivity contribution >= 4 is 5.91 Å². The maximum atomic E-state index is 10.3. The van der Waals surface area contributed by atoms with E-state index in [0.29, 0.717) is 5.70 Å². The summed E-state index contributed by atoms with van der Waals surface area (Å²) in [4.78, 5) is 10.3. The van der Waals surface area contributed by atoms with Crippen LogP contribution in [0.25, 0.3) is 0 Å². The van der Waals surface area contributed by atoms with Crippen molar-refractivity contribution in [2.24, 2.45) is 0 Å². The molecule has 0 aromatic carbocycles. The van der Waals surface area contributed by atoms with Crippen LogP contribution < -0.4 is 5.32 Å². The molecule has 9 heavy (non-hydrogen) atoms. The minimum Gasteiger partial charge on any atom is -0.330 e. The van der Waals surface area contributed by atoms with Gasteiger partial charge in [-0.15, -0.1) is 0 Å². The van der Waals surface area contributed by atoms with Crippen molar-refractivity contribution in [3.63, 3.8) is 0 Å². The smallest absolute Gasteiger partial charge is 0.221 e. The molecule has 0 rings (SSSR count). The van der Waals surface area contributed by atoms with E-state index in [1.54, 1.807) is 13.0 Å². The molecule has 0 aromatic rings. The Bertz CT molecular complexity index is 176. The third-order valence-corrected chi connectivity index (χ3v) is 0.654. The quantitative estimate of drug-likeness (QED) is 0.519. The zero-order valence-corrected chi connectivity index (χ0v) is 5.43. The number of nitriles is 1. The molecule has 0 heterocycles. The van der Waals surface area contributed by atoms with Crippen molar-refractivity contribution in [3.05, 3.63) is 11.8 Å². The van der Waals surface area contributed by atoms with Crippen LogP contribution in [-0.4, -0.2) is 5.91 Å². The summed E-state index contributed by atoms with van der Waals surface area (Å²) in [6.45, 7) is 3.05. The molecule has 3 heteroatoms. The molecule has 0 radical (unpaired) electrons. The largest absolute Gasteiger partial charge is 0.330 e. The molecule has 0 aliphatic rings. The summed E-state index contributed by atoms with van der Waals surface area (Å²) in [5.74, 6) is -0.154. The minimum atomic E-state index is -0.154. The Morgan fingerprint density at radius 2 is 2.22 bits per heavy atom. The predicted octanol–water partition coefficient (Wildman–Crippen LogP) is 0.550. The highest BCUT2D eigenvalue weighted by molar-refractivity contribution is 5.74. The second kappa shape index (κ2) is 3.67. The van der Waals surface area contributed by atoms with Gasteiger partial charge in [-0.05, 0) is 6.92 Å². The van der Waals surface area contributed by atoms with Crippen molar-refractivity contribution in [1.82, 2.24) is 5.32 Å². The van der Waals surface area contributed by atoms with Crippen LogP contribution in [0.3, 0.4) is 0 Å². The molecule has 0 bridgehead atoms. The zero-order chi connectivity index (χ0) is 7.28. The highest BCUT2D eigenvalue weighted by Gasteiger charge is 1.88. The molecule has 0 spiro atoms. The van der Waals surface area contributed by atoms with E-state index in [1.165, 1.54) is 13.0 Å². The average Bonchev–Trinajstić information content (AvgIpc) is 1.63. The molecular formula is C6H8N2O. The van der Waals surface area contributed by atoms with Crippen LogP contribution in [0.5, 0.6) is 0 Å². The van der Waals surface area contributed by atoms with Crippen LogP contribution >= 0.6 is 0 Å². The Morgan fingerprint density at radius 1 is 1.67 bits per heavy atom. The molecule has 0 aliphatic carbocycles. The molecule has 0 saturated carbocycles. The van der Waals surface area contributed by atoms with E-state index in [9.17, 15) is 4.79 Å². The lowest BCUT2D eigenvalue weighted by Gasteiger charge is -1.95. The lowest BCUT2D eigenvalue weighted by molar-refractivity contribution is -0.118. The predicted molar refractivity (Wildman–Crippen MR) is 33.2 cm³/mol. The fourth-order valence-corrected chi connectivity index (χ4v) is 0.411. The molecule has 1 N–H and O–H groups in total. The Balaban J connectivity index is 3.80. The Hall–Kier alpha value is -1.30. The summed E-state index contributed by atoms with van der Waals surface area (Å²) in [5, 5.41) is 10.5. The van der Waals surface area contributed by atoms with E-state index in [-0.39, 0.29) is 5.91 Å². The van der Waals surface area contributed by atoms with Crippen LogP contribution in [0, 0.1) is 11.3 Å². The second-order valence-corrected chi connectivity index (χ2v) is 1.64. The van der Waals surface area contributed by atoms with Gasteiger partial charge in [0.1, 0.15) is 0 Å². The Morgan fingerprint density at radius 3 is 2.56 bits per heavy atom. The third kappa shape index (κ3) is 4.56. The van der Waals surface area contributed by atoms with Crippen LogP contribution in [0.1, 0.15) is 13.8 Å². The van der Waals surface area contributed by atoms with Crippen molar-refractivity contribution in [2.45, 2.75) is 13.8 Å². The van der Waals surface area contributed by atoms with Gasteiger partial charge in [0.25, 0.3) is 0 Å². The van der Waals surface area contributed by atoms with Gasteiger partial charge in [-0.2, -0.15) is 5.26 Å². The SMILES string of the molecule is CC(=O)N/C(C)=C\C#N. The van der Waals surface area contributed by atoms with E-state index >= 15 is 0 Å². The second-order valence-electron chi connectivity index (χ2n) is 1.64. The maximum Gasteiger partial charge on any atom is 0.221 e. The number of hydrogen-bond acceptors (Lipinski definition) is 2. The van der Waals surface area contributed by atoms with Crippen LogP contribution in [0.15, 0.2) is 11.8 Å². The lowest BCUT2D eigenvalue weighted by atomic mass is 10.4. The van der Waals surface area contributed by atoms with E-state index in [2.05, 4.69) is 5.32 Å². The molecule has 1 amide bonds. The van der Waals surface area contributed by atoms with E-state index < -0.39 is 0 Å². The van der Waals surface area contributed by atoms with E-state index in [0.717, 1.165) is 0 Å². The molecule has 3 nitrogen and oxygen atoms in total. The van der Waals surface area contributed by atoms with Crippen molar-refractivity contribution in [2.75, 3.05) is 0 Å². The number of nitrogens with zero attached hydrogens (tertiary/aromatic N) is 1. The number of carbonyl (C=O) groups excluding carboxylic acids is 1. The summed E-state index contributed by atoms with van der Waals surface area (Å²) in [6.07, 6.45) is 1.28. The summed E-state index contributed by atoms with van der Waals surface area (Å²) < 4.78 is 0. The van der Waals surface area contributed by atoms with Crippen molar-refractivity contribution < 1.29 is 4.79 Å². The van der Waals surface area contributed by atoms with Gasteiger partial charge in [-0.25, -0.2) is 0 Å². The van der Waals surface area contributed by atoms with Gasteiger partial charge in [0, 0.05) is 18.7 Å². The van der Waals surface area contributed by atoms with Gasteiger partial charge in [0.05, 0.1) is 6.07 Å². The number of hydrogen-bond donors (Lipinski definition) is 1. The fourth-order valence-electron chi connectivity index (χ4n) is 0.411. The number of rotatable bonds is 1. The zero-order valence-electron chi connectivity index (χ0n) is 5.43. The first-order chi connectivity index (χ1) is 4.16. The van der Waals surface area contributed by atoms with Crippen LogP contribution in [0.4, 0.5) is 0 Å². The monoisotopic (exact) mass is 124 g/mol. The van der Waals surface area contributed by atoms with Gasteiger partial charge in [-0.1, -0.05) is 0 Å². The maximum absolute atomic E-state index is 10.3. The van der Waals surface area contributed by atoms with Gasteiger partial charge < -0.3 is 5.32 Å². The standard InChI is InChI=1S/C6H8N2O/c1-5(3-4-7)8-6(2)9/h3H,1-2H3,(H,8,9)/b5-3-. The van der Waals surface area contributed by atoms with Gasteiger partial charge in [0.2, 0.25) is 5.91 Å². The summed E-state index contributed by atoms with van der Waals surface area (Å²) in [7, 11) is 0. The van der Waals surface area contributed by atoms with Crippen molar-refractivity contribution in [3.8, 4) is 6.07 Å². The number of carbonyl (C=O) groups is 1. The van der Waals surface area contributed by atoms with E-state index in [1.807, 2.05) is 0 Å². The molecule has 0 aliphatic heterocycles. The molecule has 0 aromatic heterocycles. The first-order valence-electron chi connectivity index (χ1n) is 2.51. The molecular weight excluding hydrogens is 116 g/mol. The molecule has 0 fully saturated rings. The van der Waals surface area contributed by atoms with E-state index in [4.69, 9.17) is 5.26 Å². The molecule has 0 unspecified atom stereocenters. The third-order valence-electron chi connectivity index (χ3n) is 0.654. The summed E-state index contributed by atoms with van der Waals surface area (Å²) in [6, 6.07) is 1.80. The number of allylic oxidation sites excluding steroid dienone is 2. The topological polar surface area (TPSA) is 52.9 Å². The fraction of sp³-hybridized carbons (Fsp3) is 0.333. The summed E-state index contributed by atoms with van der Waals surface area (Å²) in [5.41, 5.74) is 0.574. The lowest BCUT2D eigenvalue weighted by Crippen LogP contribution is -2.16. The van der Waals surface area contributed by atoms with Crippen LogP contribution in [0.2, 0.25) is 0 Å². The molecule has 0 atom stereocenters. The highest BCUT2D eigenvalue weighted by atomic mass is 16.1. The first kappa shape index (κ1) is 7.70. The first-order valence-corrected chi connectivity index (χ1v) is 2.51. The number of amides is 1. The normalized spacial score (nSPS) is 10.1. The molecule has 0 saturated heterocycles. The van der Waals surface area contributed by atoms with Gasteiger partial charge in [0.15, 0.2) is 0 Å². The Labute approximate surface area is 54.0 Å². The minimum absolute atomic E-state index is 0.154. The van der Waals surface area contributed by atoms with Crippen LogP contribution in [-0.2, 0) is 4.79 Å². The van der Waals surface area contributed by atoms with Gasteiger partial charge in [-0.3, -0.25) is 4.79 Å². The van der Waals surface area contributed by atoms with Crippen molar-refractivity contribution in [1.29, 1.82) is 5.26 Å². The summed E-state index contributed by atoms with van der Waals surface area (Å²) >= 11 is 0. The van der Waals surface area contributed by atoms with Gasteiger partial charge >= 0.3 is 0 Å². The number of nitrogens with one attached hydrogen (secondary N) is 1. The average molecular weight is 124 g/mol.